The number of carboxylic acids is 1. The van der Waals surface area contributed by atoms with E-state index in [1.165, 1.54) is 36.2 Å². The van der Waals surface area contributed by atoms with Gasteiger partial charge in [-0.15, -0.1) is 0 Å². The van der Waals surface area contributed by atoms with Crippen LogP contribution in [0.1, 0.15) is 15.9 Å². The van der Waals surface area contributed by atoms with Crippen LogP contribution in [0.3, 0.4) is 0 Å². The summed E-state index contributed by atoms with van der Waals surface area (Å²) in [4.78, 5) is 11.6. The Morgan fingerprint density at radius 3 is 2.71 bits per heavy atom. The van der Waals surface area contributed by atoms with E-state index in [4.69, 9.17) is 5.11 Å². The molecule has 0 aliphatic carbocycles. The maximum atomic E-state index is 14.1. The molecule has 21 heavy (non-hydrogen) atoms. The third-order valence-corrected chi connectivity index (χ3v) is 4.46. The Morgan fingerprint density at radius 1 is 1.19 bits per heavy atom. The van der Waals surface area contributed by atoms with Crippen molar-refractivity contribution >= 4 is 23.6 Å². The zero-order valence-corrected chi connectivity index (χ0v) is 11.7. The van der Waals surface area contributed by atoms with Gasteiger partial charge in [-0.2, -0.15) is 0 Å². The SMILES string of the molecule is O=C(O)c1ccc(N2CCc3ccc(F)cc3S2)c(F)c1. The number of fused-ring (bicyclic) bond motifs is 1. The van der Waals surface area contributed by atoms with Gasteiger partial charge >= 0.3 is 5.97 Å². The minimum Gasteiger partial charge on any atom is -0.478 e. The van der Waals surface area contributed by atoms with Crippen molar-refractivity contribution in [1.29, 1.82) is 0 Å². The van der Waals surface area contributed by atoms with Crippen molar-refractivity contribution in [2.75, 3.05) is 10.8 Å². The smallest absolute Gasteiger partial charge is 0.335 e. The number of rotatable bonds is 2. The van der Waals surface area contributed by atoms with Gasteiger partial charge in [0.15, 0.2) is 0 Å². The molecular weight excluding hydrogens is 296 g/mol. The number of benzene rings is 2. The highest BCUT2D eigenvalue weighted by molar-refractivity contribution is 8.00. The largest absolute Gasteiger partial charge is 0.478 e. The molecule has 0 spiro atoms. The van der Waals surface area contributed by atoms with Gasteiger partial charge in [0.05, 0.1) is 11.3 Å². The molecule has 108 valence electrons. The lowest BCUT2D eigenvalue weighted by Gasteiger charge is -2.29. The van der Waals surface area contributed by atoms with Crippen LogP contribution in [0, 0.1) is 11.6 Å². The maximum absolute atomic E-state index is 14.1. The molecule has 3 nitrogen and oxygen atoms in total. The van der Waals surface area contributed by atoms with Crippen molar-refractivity contribution in [3.63, 3.8) is 0 Å². The van der Waals surface area contributed by atoms with Crippen LogP contribution in [0.4, 0.5) is 14.5 Å². The van der Waals surface area contributed by atoms with Gasteiger partial charge in [0.1, 0.15) is 11.6 Å². The summed E-state index contributed by atoms with van der Waals surface area (Å²) in [5.41, 5.74) is 1.24. The van der Waals surface area contributed by atoms with Gasteiger partial charge in [-0.05, 0) is 54.3 Å². The van der Waals surface area contributed by atoms with E-state index < -0.39 is 11.8 Å². The molecule has 2 aromatic carbocycles. The second kappa shape index (κ2) is 5.37. The molecule has 0 atom stereocenters. The molecule has 3 rings (SSSR count). The second-order valence-corrected chi connectivity index (χ2v) is 5.73. The van der Waals surface area contributed by atoms with Gasteiger partial charge < -0.3 is 9.41 Å². The molecule has 1 N–H and O–H groups in total. The molecule has 1 aliphatic rings. The number of anilines is 1. The predicted octanol–water partition coefficient (Wildman–Crippen LogP) is 3.73. The first kappa shape index (κ1) is 13.9. The van der Waals surface area contributed by atoms with Crippen LogP contribution in [0.5, 0.6) is 0 Å². The summed E-state index contributed by atoms with van der Waals surface area (Å²) >= 11 is 1.26. The number of carboxylic acid groups (broad SMARTS) is 1. The monoisotopic (exact) mass is 307 g/mol. The Labute approximate surface area is 124 Å². The van der Waals surface area contributed by atoms with Gasteiger partial charge in [-0.25, -0.2) is 13.6 Å². The van der Waals surface area contributed by atoms with E-state index in [0.29, 0.717) is 18.7 Å². The fourth-order valence-corrected chi connectivity index (χ4v) is 3.34. The van der Waals surface area contributed by atoms with Crippen LogP contribution in [0.2, 0.25) is 0 Å². The second-order valence-electron chi connectivity index (χ2n) is 4.67. The highest BCUT2D eigenvalue weighted by atomic mass is 32.2. The molecule has 0 amide bonds. The molecule has 1 aliphatic heterocycles. The van der Waals surface area contributed by atoms with Crippen LogP contribution in [0.15, 0.2) is 41.3 Å². The summed E-state index contributed by atoms with van der Waals surface area (Å²) in [6, 6.07) is 8.38. The van der Waals surface area contributed by atoms with Crippen LogP contribution in [-0.4, -0.2) is 17.6 Å². The van der Waals surface area contributed by atoms with Gasteiger partial charge in [0.25, 0.3) is 0 Å². The molecule has 0 saturated carbocycles. The minimum absolute atomic E-state index is 0.0929. The lowest BCUT2D eigenvalue weighted by atomic mass is 10.1. The van der Waals surface area contributed by atoms with Gasteiger partial charge in [0, 0.05) is 11.4 Å². The lowest BCUT2D eigenvalue weighted by molar-refractivity contribution is 0.0696. The molecule has 0 aromatic heterocycles. The summed E-state index contributed by atoms with van der Waals surface area (Å²) in [7, 11) is 0. The normalized spacial score (nSPS) is 13.9. The topological polar surface area (TPSA) is 40.5 Å². The number of nitrogens with zero attached hydrogens (tertiary/aromatic N) is 1. The van der Waals surface area contributed by atoms with E-state index in [1.54, 1.807) is 10.4 Å². The molecular formula is C15H11F2NO2S. The standard InChI is InChI=1S/C15H11F2NO2S/c16-11-3-1-9-5-6-18(21-14(9)8-11)13-4-2-10(15(19)20)7-12(13)17/h1-4,7-8H,5-6H2,(H,19,20). The van der Waals surface area contributed by atoms with Crippen LogP contribution < -0.4 is 4.31 Å². The number of halogens is 2. The van der Waals surface area contributed by atoms with Crippen LogP contribution in [-0.2, 0) is 6.42 Å². The number of hydrogen-bond donors (Lipinski definition) is 1. The average Bonchev–Trinajstić information content (AvgIpc) is 2.46. The number of carbonyl (C=O) groups is 1. The summed E-state index contributed by atoms with van der Waals surface area (Å²) in [6.45, 7) is 0.576. The predicted molar refractivity (Wildman–Crippen MR) is 76.7 cm³/mol. The maximum Gasteiger partial charge on any atom is 0.335 e. The first-order valence-corrected chi connectivity index (χ1v) is 7.09. The van der Waals surface area contributed by atoms with E-state index >= 15 is 0 Å². The zero-order valence-electron chi connectivity index (χ0n) is 10.8. The van der Waals surface area contributed by atoms with E-state index in [-0.39, 0.29) is 11.4 Å². The van der Waals surface area contributed by atoms with Crippen molar-refractivity contribution in [3.8, 4) is 0 Å². The molecule has 0 radical (unpaired) electrons. The third kappa shape index (κ3) is 2.71. The summed E-state index contributed by atoms with van der Waals surface area (Å²) in [5.74, 6) is -2.09. The van der Waals surface area contributed by atoms with E-state index in [1.807, 2.05) is 0 Å². The molecule has 0 saturated heterocycles. The van der Waals surface area contributed by atoms with E-state index in [9.17, 15) is 13.6 Å². The van der Waals surface area contributed by atoms with Gasteiger partial charge in [-0.1, -0.05) is 6.07 Å². The van der Waals surface area contributed by atoms with Crippen LogP contribution >= 0.6 is 11.9 Å². The zero-order chi connectivity index (χ0) is 15.0. The fourth-order valence-electron chi connectivity index (χ4n) is 2.22. The van der Waals surface area contributed by atoms with Gasteiger partial charge in [0.2, 0.25) is 0 Å². The van der Waals surface area contributed by atoms with E-state index in [2.05, 4.69) is 0 Å². The Morgan fingerprint density at radius 2 is 2.00 bits per heavy atom. The average molecular weight is 307 g/mol. The summed E-state index contributed by atoms with van der Waals surface area (Å²) in [6.07, 6.45) is 0.683. The molecule has 2 aromatic rings. The first-order chi connectivity index (χ1) is 10.0. The summed E-state index contributed by atoms with van der Waals surface area (Å²) < 4.78 is 29.0. The highest BCUT2D eigenvalue weighted by Crippen LogP contribution is 2.37. The third-order valence-electron chi connectivity index (χ3n) is 3.29. The fraction of sp³-hybridized carbons (Fsp3) is 0.133. The quantitative estimate of drug-likeness (QED) is 0.858. The van der Waals surface area contributed by atoms with Crippen molar-refractivity contribution < 1.29 is 18.7 Å². The van der Waals surface area contributed by atoms with Gasteiger partial charge in [-0.3, -0.25) is 0 Å². The molecule has 0 bridgehead atoms. The van der Waals surface area contributed by atoms with Crippen molar-refractivity contribution in [3.05, 3.63) is 59.2 Å². The molecule has 1 heterocycles. The minimum atomic E-state index is -1.17. The molecule has 6 heteroatoms. The Hall–Kier alpha value is -2.08. The van der Waals surface area contributed by atoms with Crippen LogP contribution in [0.25, 0.3) is 0 Å². The number of hydrogen-bond acceptors (Lipinski definition) is 3. The Balaban J connectivity index is 1.91. The highest BCUT2D eigenvalue weighted by Gasteiger charge is 2.21. The molecule has 0 unspecified atom stereocenters. The Bertz CT molecular complexity index is 721. The van der Waals surface area contributed by atoms with Crippen molar-refractivity contribution in [2.24, 2.45) is 0 Å². The Kier molecular flexibility index (Phi) is 3.55. The van der Waals surface area contributed by atoms with Crippen molar-refractivity contribution in [1.82, 2.24) is 0 Å². The summed E-state index contributed by atoms with van der Waals surface area (Å²) in [5, 5.41) is 8.84. The number of aromatic carboxylic acids is 1. The van der Waals surface area contributed by atoms with E-state index in [0.717, 1.165) is 16.5 Å². The lowest BCUT2D eigenvalue weighted by Crippen LogP contribution is -2.23. The molecule has 0 fully saturated rings. The first-order valence-electron chi connectivity index (χ1n) is 6.31. The van der Waals surface area contributed by atoms with Crippen molar-refractivity contribution in [2.45, 2.75) is 11.3 Å².